The van der Waals surface area contributed by atoms with E-state index in [0.29, 0.717) is 18.7 Å². The van der Waals surface area contributed by atoms with Gasteiger partial charge in [0.2, 0.25) is 0 Å². The van der Waals surface area contributed by atoms with Gasteiger partial charge >= 0.3 is 7.52 Å². The number of allylic oxidation sites excluding steroid dienone is 1. The van der Waals surface area contributed by atoms with Gasteiger partial charge in [-0.25, -0.2) is 4.67 Å². The van der Waals surface area contributed by atoms with Crippen molar-refractivity contribution in [2.45, 2.75) is 18.9 Å². The average molecular weight is 536 g/mol. The second-order valence-corrected chi connectivity index (χ2v) is 11.6. The standard InChI is InChI=1S/C34H34NO3P/c1-2-33(37-27-15-19-29-17-7-3-8-18-29)39(36)35(26-16-28-38-39)34(30-20-9-4-10-21-30,31-22-11-5-12-23-31)32-24-13-6-14-25-32/h2-15,17-25H,16,26-28H2,1H3/b19-15+,33-2+/t39-/m1/s1. The van der Waals surface area contributed by atoms with E-state index in [9.17, 15) is 0 Å². The Morgan fingerprint density at radius 3 is 1.79 bits per heavy atom. The maximum Gasteiger partial charge on any atom is 0.337 e. The van der Waals surface area contributed by atoms with Gasteiger partial charge in [0.05, 0.1) is 6.61 Å². The largest absolute Gasteiger partial charge is 0.483 e. The van der Waals surface area contributed by atoms with E-state index in [0.717, 1.165) is 28.7 Å². The summed E-state index contributed by atoms with van der Waals surface area (Å²) in [4.78, 5) is 0. The van der Waals surface area contributed by atoms with Crippen LogP contribution in [0.4, 0.5) is 0 Å². The van der Waals surface area contributed by atoms with Gasteiger partial charge in [0.25, 0.3) is 0 Å². The fourth-order valence-corrected chi connectivity index (χ4v) is 7.94. The molecule has 4 nitrogen and oxygen atoms in total. The molecule has 0 unspecified atom stereocenters. The highest BCUT2D eigenvalue weighted by Crippen LogP contribution is 2.66. The van der Waals surface area contributed by atoms with E-state index >= 15 is 4.57 Å². The first-order chi connectivity index (χ1) is 19.2. The summed E-state index contributed by atoms with van der Waals surface area (Å²) < 4.78 is 29.8. The lowest BCUT2D eigenvalue weighted by Crippen LogP contribution is -2.49. The van der Waals surface area contributed by atoms with E-state index in [1.165, 1.54) is 0 Å². The highest BCUT2D eigenvalue weighted by molar-refractivity contribution is 7.60. The van der Waals surface area contributed by atoms with Crippen molar-refractivity contribution in [1.82, 2.24) is 4.67 Å². The van der Waals surface area contributed by atoms with Crippen LogP contribution >= 0.6 is 7.52 Å². The van der Waals surface area contributed by atoms with Gasteiger partial charge in [0.1, 0.15) is 12.1 Å². The Kier molecular flexibility index (Phi) is 8.58. The Balaban J connectivity index is 1.62. The highest BCUT2D eigenvalue weighted by Gasteiger charge is 2.54. The number of hydrogen-bond donors (Lipinski definition) is 0. The average Bonchev–Trinajstić information content (AvgIpc) is 3.00. The van der Waals surface area contributed by atoms with Crippen molar-refractivity contribution in [3.05, 3.63) is 161 Å². The van der Waals surface area contributed by atoms with Crippen molar-refractivity contribution in [3.8, 4) is 0 Å². The molecule has 5 rings (SSSR count). The fourth-order valence-electron chi connectivity index (χ4n) is 5.35. The summed E-state index contributed by atoms with van der Waals surface area (Å²) in [5.74, 6) is 0. The lowest BCUT2D eigenvalue weighted by atomic mass is 9.77. The van der Waals surface area contributed by atoms with Crippen LogP contribution in [0.5, 0.6) is 0 Å². The molecule has 0 aliphatic carbocycles. The molecule has 0 radical (unpaired) electrons. The van der Waals surface area contributed by atoms with Gasteiger partial charge < -0.3 is 9.26 Å². The van der Waals surface area contributed by atoms with Gasteiger partial charge in [-0.3, -0.25) is 4.57 Å². The second kappa shape index (κ2) is 12.4. The van der Waals surface area contributed by atoms with Crippen molar-refractivity contribution in [2.75, 3.05) is 19.8 Å². The van der Waals surface area contributed by atoms with Gasteiger partial charge in [-0.1, -0.05) is 127 Å². The third-order valence-electron chi connectivity index (χ3n) is 7.02. The molecule has 4 aromatic rings. The zero-order chi connectivity index (χ0) is 27.0. The second-order valence-electron chi connectivity index (χ2n) is 9.39. The molecule has 0 spiro atoms. The molecule has 1 aliphatic rings. The minimum Gasteiger partial charge on any atom is -0.483 e. The zero-order valence-corrected chi connectivity index (χ0v) is 23.1. The van der Waals surface area contributed by atoms with Crippen LogP contribution in [-0.2, 0) is 19.4 Å². The van der Waals surface area contributed by atoms with Gasteiger partial charge in [-0.2, -0.15) is 0 Å². The van der Waals surface area contributed by atoms with E-state index in [1.54, 1.807) is 6.08 Å². The van der Waals surface area contributed by atoms with Crippen LogP contribution < -0.4 is 0 Å². The lowest BCUT2D eigenvalue weighted by Gasteiger charge is -2.49. The van der Waals surface area contributed by atoms with Crippen LogP contribution in [0.15, 0.2) is 139 Å². The van der Waals surface area contributed by atoms with E-state index < -0.39 is 13.1 Å². The van der Waals surface area contributed by atoms with E-state index in [4.69, 9.17) is 9.26 Å². The molecule has 0 aromatic heterocycles. The molecule has 1 aliphatic heterocycles. The molecule has 4 aromatic carbocycles. The third-order valence-corrected chi connectivity index (χ3v) is 9.64. The third kappa shape index (κ3) is 5.42. The Hall–Kier alpha value is -3.69. The normalized spacial score (nSPS) is 18.7. The fraction of sp³-hybridized carbons (Fsp3) is 0.176. The summed E-state index contributed by atoms with van der Waals surface area (Å²) in [7, 11) is -3.63. The first-order valence-corrected chi connectivity index (χ1v) is 15.0. The Bertz CT molecular complexity index is 1340. The van der Waals surface area contributed by atoms with Crippen LogP contribution in [0, 0.1) is 0 Å². The molecule has 1 atom stereocenters. The Morgan fingerprint density at radius 1 is 0.821 bits per heavy atom. The van der Waals surface area contributed by atoms with Crippen LogP contribution in [0.3, 0.4) is 0 Å². The van der Waals surface area contributed by atoms with Gasteiger partial charge in [-0.05, 0) is 47.8 Å². The summed E-state index contributed by atoms with van der Waals surface area (Å²) in [5.41, 5.74) is 3.65. The molecule has 0 amide bonds. The smallest absolute Gasteiger partial charge is 0.337 e. The molecular formula is C34H34NO3P. The molecule has 1 fully saturated rings. The maximum absolute atomic E-state index is 15.2. The molecule has 1 heterocycles. The summed E-state index contributed by atoms with van der Waals surface area (Å²) in [6, 6.07) is 41.0. The first kappa shape index (κ1) is 26.9. The Labute approximate surface area is 231 Å². The van der Waals surface area contributed by atoms with Crippen molar-refractivity contribution in [2.24, 2.45) is 0 Å². The van der Waals surface area contributed by atoms with Gasteiger partial charge in [0.15, 0.2) is 5.50 Å². The highest BCUT2D eigenvalue weighted by atomic mass is 31.2. The van der Waals surface area contributed by atoms with E-state index in [2.05, 4.69) is 41.1 Å². The summed E-state index contributed by atoms with van der Waals surface area (Å²) in [6.45, 7) is 3.13. The quantitative estimate of drug-likeness (QED) is 0.122. The molecule has 1 saturated heterocycles. The summed E-state index contributed by atoms with van der Waals surface area (Å²) in [6.07, 6.45) is 6.49. The number of rotatable bonds is 9. The van der Waals surface area contributed by atoms with Crippen molar-refractivity contribution >= 4 is 13.6 Å². The minimum absolute atomic E-state index is 0.283. The predicted octanol–water partition coefficient (Wildman–Crippen LogP) is 8.49. The van der Waals surface area contributed by atoms with Gasteiger partial charge in [-0.15, -0.1) is 0 Å². The lowest BCUT2D eigenvalue weighted by molar-refractivity contribution is 0.143. The summed E-state index contributed by atoms with van der Waals surface area (Å²) >= 11 is 0. The van der Waals surface area contributed by atoms with Crippen molar-refractivity contribution in [3.63, 3.8) is 0 Å². The molecule has 0 N–H and O–H groups in total. The zero-order valence-electron chi connectivity index (χ0n) is 22.2. The molecule has 0 saturated carbocycles. The number of nitrogens with zero attached hydrogens (tertiary/aromatic N) is 1. The Morgan fingerprint density at radius 2 is 1.31 bits per heavy atom. The molecule has 0 bridgehead atoms. The van der Waals surface area contributed by atoms with Crippen molar-refractivity contribution < 1.29 is 13.8 Å². The number of benzene rings is 4. The molecular weight excluding hydrogens is 501 g/mol. The predicted molar refractivity (Wildman–Crippen MR) is 159 cm³/mol. The SMILES string of the molecule is C/C=C(\OC/C=C/c1ccccc1)[P@@]1(=O)OCCCN1C(c1ccccc1)(c1ccccc1)c1ccccc1. The minimum atomic E-state index is -3.63. The maximum atomic E-state index is 15.2. The van der Waals surface area contributed by atoms with E-state index in [-0.39, 0.29) is 6.61 Å². The van der Waals surface area contributed by atoms with Crippen molar-refractivity contribution in [1.29, 1.82) is 0 Å². The van der Waals surface area contributed by atoms with Crippen LogP contribution in [-0.4, -0.2) is 24.4 Å². The molecule has 39 heavy (non-hydrogen) atoms. The number of ether oxygens (including phenoxy) is 1. The topological polar surface area (TPSA) is 38.8 Å². The number of hydrogen-bond acceptors (Lipinski definition) is 3. The van der Waals surface area contributed by atoms with E-state index in [1.807, 2.05) is 104 Å². The molecule has 5 heteroatoms. The molecule has 198 valence electrons. The summed E-state index contributed by atoms with van der Waals surface area (Å²) in [5, 5.41) is 0. The van der Waals surface area contributed by atoms with Crippen LogP contribution in [0.1, 0.15) is 35.6 Å². The van der Waals surface area contributed by atoms with Crippen LogP contribution in [0.2, 0.25) is 0 Å². The first-order valence-electron chi connectivity index (χ1n) is 13.4. The monoisotopic (exact) mass is 535 g/mol. The van der Waals surface area contributed by atoms with Crippen LogP contribution in [0.25, 0.3) is 6.08 Å². The van der Waals surface area contributed by atoms with Gasteiger partial charge in [0, 0.05) is 6.54 Å².